The third kappa shape index (κ3) is 3.55. The quantitative estimate of drug-likeness (QED) is 0.862. The molecule has 1 aliphatic carbocycles. The molecule has 8 heteroatoms. The molecule has 0 saturated carbocycles. The van der Waals surface area contributed by atoms with Gasteiger partial charge in [-0.05, 0) is 49.4 Å². The number of thiazole rings is 1. The Bertz CT molecular complexity index is 803. The summed E-state index contributed by atoms with van der Waals surface area (Å²) in [6.45, 7) is 1.53. The number of nitrogens with one attached hydrogen (secondary N) is 1. The van der Waals surface area contributed by atoms with E-state index < -0.39 is 29.1 Å². The van der Waals surface area contributed by atoms with E-state index in [4.69, 9.17) is 0 Å². The maximum atomic E-state index is 13.4. The molecular formula is C17H17F3N2O2S. The van der Waals surface area contributed by atoms with Gasteiger partial charge in [0, 0.05) is 16.8 Å². The van der Waals surface area contributed by atoms with Crippen molar-refractivity contribution in [2.24, 2.45) is 0 Å². The van der Waals surface area contributed by atoms with Crippen molar-refractivity contribution in [2.45, 2.75) is 44.4 Å². The lowest BCUT2D eigenvalue weighted by molar-refractivity contribution is -0.266. The van der Waals surface area contributed by atoms with Gasteiger partial charge in [0.2, 0.25) is 11.5 Å². The van der Waals surface area contributed by atoms with Gasteiger partial charge in [0.25, 0.3) is 0 Å². The lowest BCUT2D eigenvalue weighted by atomic mass is 9.99. The molecule has 1 aromatic carbocycles. The molecule has 0 spiro atoms. The fourth-order valence-corrected chi connectivity index (χ4v) is 3.84. The van der Waals surface area contributed by atoms with E-state index in [1.54, 1.807) is 12.1 Å². The van der Waals surface area contributed by atoms with Crippen LogP contribution in [0.25, 0.3) is 0 Å². The molecule has 4 nitrogen and oxygen atoms in total. The first-order valence-electron chi connectivity index (χ1n) is 7.82. The van der Waals surface area contributed by atoms with Gasteiger partial charge < -0.3 is 10.4 Å². The largest absolute Gasteiger partial charge is 0.424 e. The molecule has 25 heavy (non-hydrogen) atoms. The van der Waals surface area contributed by atoms with Gasteiger partial charge >= 0.3 is 6.18 Å². The Morgan fingerprint density at radius 1 is 1.32 bits per heavy atom. The van der Waals surface area contributed by atoms with Crippen LogP contribution >= 0.6 is 11.3 Å². The number of hydrogen-bond donors (Lipinski definition) is 2. The molecule has 0 fully saturated rings. The average Bonchev–Trinajstić information content (AvgIpc) is 3.14. The van der Waals surface area contributed by atoms with E-state index >= 15 is 0 Å². The molecule has 2 N–H and O–H groups in total. The Hall–Kier alpha value is -1.93. The SMILES string of the molecule is Cc1csc(C(O)(CC(=O)Nc2ccc3c(c2)CCC3)C(F)(F)F)n1. The number of alkyl halides is 3. The van der Waals surface area contributed by atoms with E-state index in [-0.39, 0.29) is 0 Å². The van der Waals surface area contributed by atoms with Gasteiger partial charge in [0.1, 0.15) is 5.01 Å². The molecule has 3 rings (SSSR count). The summed E-state index contributed by atoms with van der Waals surface area (Å²) in [5.74, 6) is -0.911. The summed E-state index contributed by atoms with van der Waals surface area (Å²) in [5.41, 5.74) is -0.207. The fraction of sp³-hybridized carbons (Fsp3) is 0.412. The number of nitrogens with zero attached hydrogens (tertiary/aromatic N) is 1. The van der Waals surface area contributed by atoms with Crippen LogP contribution in [0.5, 0.6) is 0 Å². The van der Waals surface area contributed by atoms with Crippen LogP contribution in [-0.4, -0.2) is 22.2 Å². The molecule has 1 heterocycles. The minimum atomic E-state index is -5.01. The van der Waals surface area contributed by atoms with Crippen molar-refractivity contribution in [3.05, 3.63) is 45.4 Å². The van der Waals surface area contributed by atoms with Crippen molar-refractivity contribution in [1.29, 1.82) is 0 Å². The third-order valence-corrected chi connectivity index (χ3v) is 5.35. The number of fused-ring (bicyclic) bond motifs is 1. The highest BCUT2D eigenvalue weighted by molar-refractivity contribution is 7.09. The maximum Gasteiger partial charge on any atom is 0.424 e. The number of halogens is 3. The van der Waals surface area contributed by atoms with Crippen molar-refractivity contribution in [3.63, 3.8) is 0 Å². The van der Waals surface area contributed by atoms with E-state index in [0.29, 0.717) is 22.7 Å². The number of amides is 1. The lowest BCUT2D eigenvalue weighted by Crippen LogP contribution is -2.45. The third-order valence-electron chi connectivity index (χ3n) is 4.24. The predicted octanol–water partition coefficient (Wildman–Crippen LogP) is 3.72. The smallest absolute Gasteiger partial charge is 0.374 e. The number of aliphatic hydroxyl groups is 1. The molecular weight excluding hydrogens is 353 g/mol. The second-order valence-electron chi connectivity index (χ2n) is 6.21. The predicted molar refractivity (Wildman–Crippen MR) is 88.5 cm³/mol. The number of benzene rings is 1. The van der Waals surface area contributed by atoms with Gasteiger partial charge in [0.15, 0.2) is 0 Å². The fourth-order valence-electron chi connectivity index (χ4n) is 2.93. The highest BCUT2D eigenvalue weighted by Crippen LogP contribution is 2.43. The van der Waals surface area contributed by atoms with Gasteiger partial charge in [-0.1, -0.05) is 6.07 Å². The first-order valence-corrected chi connectivity index (χ1v) is 8.70. The molecule has 0 saturated heterocycles. The normalized spacial score (nSPS) is 16.4. The summed E-state index contributed by atoms with van der Waals surface area (Å²) in [7, 11) is 0. The van der Waals surface area contributed by atoms with Crippen LogP contribution in [0.4, 0.5) is 18.9 Å². The van der Waals surface area contributed by atoms with Crippen LogP contribution in [0.1, 0.15) is 34.7 Å². The molecule has 1 aliphatic rings. The van der Waals surface area contributed by atoms with Crippen LogP contribution in [-0.2, 0) is 23.2 Å². The minimum absolute atomic E-state index is 0.363. The van der Waals surface area contributed by atoms with Crippen LogP contribution in [0.3, 0.4) is 0 Å². The Morgan fingerprint density at radius 2 is 2.04 bits per heavy atom. The monoisotopic (exact) mass is 370 g/mol. The first-order chi connectivity index (χ1) is 11.7. The highest BCUT2D eigenvalue weighted by atomic mass is 32.1. The Kier molecular flexibility index (Phi) is 4.59. The molecule has 0 aliphatic heterocycles. The molecule has 2 aromatic rings. The van der Waals surface area contributed by atoms with Gasteiger partial charge in [-0.25, -0.2) is 4.98 Å². The maximum absolute atomic E-state index is 13.4. The van der Waals surface area contributed by atoms with Crippen LogP contribution in [0.15, 0.2) is 23.6 Å². The van der Waals surface area contributed by atoms with Crippen LogP contribution in [0, 0.1) is 6.92 Å². The summed E-state index contributed by atoms with van der Waals surface area (Å²) in [4.78, 5) is 15.9. The van der Waals surface area contributed by atoms with E-state index in [2.05, 4.69) is 10.3 Å². The molecule has 134 valence electrons. The zero-order valence-electron chi connectivity index (χ0n) is 13.5. The number of carbonyl (C=O) groups is 1. The number of hydrogen-bond acceptors (Lipinski definition) is 4. The Labute approximate surface area is 146 Å². The second-order valence-corrected chi connectivity index (χ2v) is 7.07. The lowest BCUT2D eigenvalue weighted by Gasteiger charge is -2.27. The van der Waals surface area contributed by atoms with Crippen molar-refractivity contribution >= 4 is 22.9 Å². The van der Waals surface area contributed by atoms with Crippen molar-refractivity contribution < 1.29 is 23.1 Å². The second kappa shape index (κ2) is 6.42. The number of carbonyl (C=O) groups excluding carboxylic acids is 1. The molecule has 1 unspecified atom stereocenters. The van der Waals surface area contributed by atoms with E-state index in [0.717, 1.165) is 24.8 Å². The summed E-state index contributed by atoms with van der Waals surface area (Å²) in [6, 6.07) is 5.32. The van der Waals surface area contributed by atoms with Crippen LogP contribution in [0.2, 0.25) is 0 Å². The van der Waals surface area contributed by atoms with Crippen molar-refractivity contribution in [1.82, 2.24) is 4.98 Å². The minimum Gasteiger partial charge on any atom is -0.374 e. The zero-order chi connectivity index (χ0) is 18.2. The van der Waals surface area contributed by atoms with Crippen molar-refractivity contribution in [2.75, 3.05) is 5.32 Å². The summed E-state index contributed by atoms with van der Waals surface area (Å²) >= 11 is 0.687. The number of anilines is 1. The van der Waals surface area contributed by atoms with E-state index in [1.807, 2.05) is 6.07 Å². The molecule has 0 radical (unpaired) electrons. The van der Waals surface area contributed by atoms with Crippen molar-refractivity contribution in [3.8, 4) is 0 Å². The van der Waals surface area contributed by atoms with Gasteiger partial charge in [0.05, 0.1) is 6.42 Å². The summed E-state index contributed by atoms with van der Waals surface area (Å²) < 4.78 is 40.2. The highest BCUT2D eigenvalue weighted by Gasteiger charge is 2.58. The molecule has 1 aromatic heterocycles. The number of aryl methyl sites for hydroxylation is 3. The van der Waals surface area contributed by atoms with Gasteiger partial charge in [-0.15, -0.1) is 11.3 Å². The standard InChI is InChI=1S/C17H17F3N2O2S/c1-10-9-25-15(21-10)16(24,17(18,19)20)8-14(23)22-13-6-5-11-3-2-4-12(11)7-13/h5-7,9,24H,2-4,8H2,1H3,(H,22,23). The Balaban J connectivity index is 1.79. The van der Waals surface area contributed by atoms with Crippen LogP contribution < -0.4 is 5.32 Å². The molecule has 1 atom stereocenters. The topological polar surface area (TPSA) is 62.2 Å². The van der Waals surface area contributed by atoms with Gasteiger partial charge in [-0.2, -0.15) is 13.2 Å². The molecule has 0 bridgehead atoms. The van der Waals surface area contributed by atoms with E-state index in [1.165, 1.54) is 17.9 Å². The number of rotatable bonds is 4. The summed E-state index contributed by atoms with van der Waals surface area (Å²) in [5, 5.41) is 13.5. The summed E-state index contributed by atoms with van der Waals surface area (Å²) in [6.07, 6.45) is -3.25. The zero-order valence-corrected chi connectivity index (χ0v) is 14.3. The Morgan fingerprint density at radius 3 is 2.68 bits per heavy atom. The first kappa shape index (κ1) is 17.9. The average molecular weight is 370 g/mol. The molecule has 1 amide bonds. The number of aromatic nitrogens is 1. The van der Waals surface area contributed by atoms with E-state index in [9.17, 15) is 23.1 Å². The van der Waals surface area contributed by atoms with Gasteiger partial charge in [-0.3, -0.25) is 4.79 Å².